The molecule has 0 aliphatic heterocycles. The Morgan fingerprint density at radius 3 is 2.63 bits per heavy atom. The number of amides is 2. The van der Waals surface area contributed by atoms with Crippen LogP contribution in [0.1, 0.15) is 10.5 Å². The van der Waals surface area contributed by atoms with E-state index >= 15 is 0 Å². The van der Waals surface area contributed by atoms with E-state index in [1.54, 1.807) is 29.8 Å². The van der Waals surface area contributed by atoms with Crippen molar-refractivity contribution in [2.75, 3.05) is 32.3 Å². The molecule has 0 fully saturated rings. The van der Waals surface area contributed by atoms with Gasteiger partial charge in [0.1, 0.15) is 11.4 Å². The van der Waals surface area contributed by atoms with Gasteiger partial charge in [0.05, 0.1) is 25.5 Å². The number of benzene rings is 2. The van der Waals surface area contributed by atoms with E-state index in [-0.39, 0.29) is 18.4 Å². The number of thioether (sulfide) groups is 1. The number of hydrogen-bond acceptors (Lipinski definition) is 5. The summed E-state index contributed by atoms with van der Waals surface area (Å²) in [5, 5.41) is 3.88. The number of carbonyl (C=O) groups is 2. The van der Waals surface area contributed by atoms with Crippen LogP contribution in [-0.4, -0.2) is 53.2 Å². The molecule has 0 atom stereocenters. The van der Waals surface area contributed by atoms with E-state index in [9.17, 15) is 9.59 Å². The molecule has 0 aliphatic carbocycles. The molecule has 1 N–H and O–H groups in total. The minimum absolute atomic E-state index is 0.150. The SMILES string of the molecule is COc1ccc(Cl)cc1NC(=O)CN(C)C(=O)c1cnc(SC)n1-c1ccccc1. The average molecular weight is 445 g/mol. The van der Waals surface area contributed by atoms with Gasteiger partial charge >= 0.3 is 0 Å². The maximum Gasteiger partial charge on any atom is 0.272 e. The van der Waals surface area contributed by atoms with Crippen molar-refractivity contribution in [3.05, 3.63) is 65.4 Å². The molecule has 1 heterocycles. The van der Waals surface area contributed by atoms with Gasteiger partial charge in [-0.15, -0.1) is 0 Å². The first-order chi connectivity index (χ1) is 14.4. The fourth-order valence-electron chi connectivity index (χ4n) is 2.91. The number of anilines is 1. The van der Waals surface area contributed by atoms with Crippen LogP contribution in [-0.2, 0) is 4.79 Å². The summed E-state index contributed by atoms with van der Waals surface area (Å²) in [6, 6.07) is 14.4. The van der Waals surface area contributed by atoms with Crippen LogP contribution in [0.25, 0.3) is 5.69 Å². The van der Waals surface area contributed by atoms with E-state index in [4.69, 9.17) is 16.3 Å². The maximum absolute atomic E-state index is 13.1. The zero-order valence-corrected chi connectivity index (χ0v) is 18.3. The predicted molar refractivity (Wildman–Crippen MR) is 119 cm³/mol. The van der Waals surface area contributed by atoms with Gasteiger partial charge in [0.25, 0.3) is 5.91 Å². The van der Waals surface area contributed by atoms with Gasteiger partial charge < -0.3 is 15.0 Å². The second kappa shape index (κ2) is 9.69. The molecule has 3 rings (SSSR count). The minimum Gasteiger partial charge on any atom is -0.495 e. The Bertz CT molecular complexity index is 1060. The number of imidazole rings is 1. The number of ether oxygens (including phenoxy) is 1. The Morgan fingerprint density at radius 1 is 1.23 bits per heavy atom. The van der Waals surface area contributed by atoms with Gasteiger partial charge in [-0.05, 0) is 36.6 Å². The third-order valence-corrected chi connectivity index (χ3v) is 5.20. The topological polar surface area (TPSA) is 76.5 Å². The molecule has 2 aromatic carbocycles. The molecule has 0 radical (unpaired) electrons. The molecule has 3 aromatic rings. The van der Waals surface area contributed by atoms with Crippen LogP contribution in [0.3, 0.4) is 0 Å². The van der Waals surface area contributed by atoms with E-state index in [0.717, 1.165) is 5.69 Å². The van der Waals surface area contributed by atoms with Crippen molar-refractivity contribution < 1.29 is 14.3 Å². The van der Waals surface area contributed by atoms with E-state index in [1.165, 1.54) is 30.0 Å². The van der Waals surface area contributed by atoms with Gasteiger partial charge in [-0.3, -0.25) is 14.2 Å². The van der Waals surface area contributed by atoms with E-state index in [0.29, 0.717) is 27.3 Å². The zero-order valence-electron chi connectivity index (χ0n) is 16.8. The van der Waals surface area contributed by atoms with Crippen LogP contribution in [0.15, 0.2) is 59.9 Å². The smallest absolute Gasteiger partial charge is 0.272 e. The zero-order chi connectivity index (χ0) is 21.7. The quantitative estimate of drug-likeness (QED) is 0.558. The number of nitrogens with zero attached hydrogens (tertiary/aromatic N) is 3. The molecule has 9 heteroatoms. The fraction of sp³-hybridized carbons (Fsp3) is 0.190. The first kappa shape index (κ1) is 21.7. The summed E-state index contributed by atoms with van der Waals surface area (Å²) in [5.41, 5.74) is 1.64. The van der Waals surface area contributed by atoms with Gasteiger partial charge in [-0.25, -0.2) is 4.98 Å². The number of likely N-dealkylation sites (N-methyl/N-ethyl adjacent to an activating group) is 1. The summed E-state index contributed by atoms with van der Waals surface area (Å²) in [5.74, 6) is -0.212. The molecule has 1 aromatic heterocycles. The molecule has 0 spiro atoms. The second-order valence-corrected chi connectivity index (χ2v) is 7.56. The average Bonchev–Trinajstić information content (AvgIpc) is 3.18. The van der Waals surface area contributed by atoms with Crippen molar-refractivity contribution in [1.29, 1.82) is 0 Å². The van der Waals surface area contributed by atoms with E-state index < -0.39 is 0 Å². The Morgan fingerprint density at radius 2 is 1.97 bits per heavy atom. The number of hydrogen-bond donors (Lipinski definition) is 1. The number of methoxy groups -OCH3 is 1. The third kappa shape index (κ3) is 4.77. The highest BCUT2D eigenvalue weighted by Gasteiger charge is 2.22. The van der Waals surface area contributed by atoms with Crippen molar-refractivity contribution >= 4 is 40.9 Å². The Balaban J connectivity index is 1.78. The second-order valence-electron chi connectivity index (χ2n) is 6.36. The van der Waals surface area contributed by atoms with Crippen LogP contribution < -0.4 is 10.1 Å². The summed E-state index contributed by atoms with van der Waals surface area (Å²) in [4.78, 5) is 31.3. The van der Waals surface area contributed by atoms with E-state index in [2.05, 4.69) is 10.3 Å². The molecule has 0 saturated carbocycles. The first-order valence-corrected chi connectivity index (χ1v) is 10.6. The summed E-state index contributed by atoms with van der Waals surface area (Å²) < 4.78 is 7.01. The third-order valence-electron chi connectivity index (χ3n) is 4.31. The Kier molecular flexibility index (Phi) is 7.02. The lowest BCUT2D eigenvalue weighted by Gasteiger charge is -2.19. The van der Waals surface area contributed by atoms with Crippen molar-refractivity contribution in [3.8, 4) is 11.4 Å². The summed E-state index contributed by atoms with van der Waals surface area (Å²) >= 11 is 7.44. The minimum atomic E-state index is -0.373. The highest BCUT2D eigenvalue weighted by atomic mass is 35.5. The number of nitrogens with one attached hydrogen (secondary N) is 1. The molecule has 0 bridgehead atoms. The van der Waals surface area contributed by atoms with Crippen LogP contribution in [0, 0.1) is 0 Å². The predicted octanol–water partition coefficient (Wildman–Crippen LogP) is 3.97. The van der Waals surface area contributed by atoms with Crippen LogP contribution in [0.2, 0.25) is 5.02 Å². The van der Waals surface area contributed by atoms with Gasteiger partial charge in [0, 0.05) is 17.8 Å². The van der Waals surface area contributed by atoms with Gasteiger partial charge in [-0.2, -0.15) is 0 Å². The number of rotatable bonds is 7. The number of carbonyl (C=O) groups excluding carboxylic acids is 2. The monoisotopic (exact) mass is 444 g/mol. The number of para-hydroxylation sites is 1. The highest BCUT2D eigenvalue weighted by molar-refractivity contribution is 7.98. The fourth-order valence-corrected chi connectivity index (χ4v) is 3.62. The molecule has 2 amide bonds. The van der Waals surface area contributed by atoms with Crippen molar-refractivity contribution in [1.82, 2.24) is 14.5 Å². The van der Waals surface area contributed by atoms with Crippen LogP contribution in [0.5, 0.6) is 5.75 Å². The summed E-state index contributed by atoms with van der Waals surface area (Å²) in [6.07, 6.45) is 3.42. The lowest BCUT2D eigenvalue weighted by Crippen LogP contribution is -2.36. The van der Waals surface area contributed by atoms with Gasteiger partial charge in [0.15, 0.2) is 5.16 Å². The molecule has 30 heavy (non-hydrogen) atoms. The molecule has 156 valence electrons. The molecule has 0 saturated heterocycles. The summed E-state index contributed by atoms with van der Waals surface area (Å²) in [7, 11) is 3.07. The van der Waals surface area contributed by atoms with Gasteiger partial charge in [0.2, 0.25) is 5.91 Å². The highest BCUT2D eigenvalue weighted by Crippen LogP contribution is 2.27. The largest absolute Gasteiger partial charge is 0.495 e. The number of aromatic nitrogens is 2. The molecule has 0 unspecified atom stereocenters. The maximum atomic E-state index is 13.1. The van der Waals surface area contributed by atoms with Crippen LogP contribution >= 0.6 is 23.4 Å². The lowest BCUT2D eigenvalue weighted by atomic mass is 10.3. The van der Waals surface area contributed by atoms with Crippen molar-refractivity contribution in [2.45, 2.75) is 5.16 Å². The summed E-state index contributed by atoms with van der Waals surface area (Å²) in [6.45, 7) is -0.150. The van der Waals surface area contributed by atoms with Crippen molar-refractivity contribution in [2.24, 2.45) is 0 Å². The molecular weight excluding hydrogens is 424 g/mol. The molecule has 0 aliphatic rings. The Labute approximate surface area is 184 Å². The first-order valence-electron chi connectivity index (χ1n) is 9.00. The lowest BCUT2D eigenvalue weighted by molar-refractivity contribution is -0.116. The van der Waals surface area contributed by atoms with Crippen LogP contribution in [0.4, 0.5) is 5.69 Å². The molecular formula is C21H21ClN4O3S. The number of halogens is 1. The van der Waals surface area contributed by atoms with Crippen molar-refractivity contribution in [3.63, 3.8) is 0 Å². The normalized spacial score (nSPS) is 10.5. The molecule has 7 nitrogen and oxygen atoms in total. The Hall–Kier alpha value is -2.97. The standard InChI is InChI=1S/C21H21ClN4O3S/c1-25(13-19(27)24-16-11-14(22)9-10-18(16)29-2)20(28)17-12-23-21(30-3)26(17)15-7-5-4-6-8-15/h4-12H,13H2,1-3H3,(H,24,27). The van der Waals surface area contributed by atoms with Gasteiger partial charge in [-0.1, -0.05) is 41.6 Å². The van der Waals surface area contributed by atoms with E-state index in [1.807, 2.05) is 36.6 Å².